The lowest BCUT2D eigenvalue weighted by Gasteiger charge is -2.34. The van der Waals surface area contributed by atoms with E-state index in [0.717, 1.165) is 51.4 Å². The molecule has 1 aromatic carbocycles. The van der Waals surface area contributed by atoms with Gasteiger partial charge in [-0.05, 0) is 18.6 Å². The first-order chi connectivity index (χ1) is 12.3. The van der Waals surface area contributed by atoms with Gasteiger partial charge in [0.15, 0.2) is 0 Å². The Morgan fingerprint density at radius 3 is 2.60 bits per heavy atom. The van der Waals surface area contributed by atoms with Crippen molar-refractivity contribution < 1.29 is 9.53 Å². The Morgan fingerprint density at radius 2 is 1.88 bits per heavy atom. The molecule has 0 unspecified atom stereocenters. The van der Waals surface area contributed by atoms with Gasteiger partial charge in [0.05, 0.1) is 0 Å². The molecule has 0 bridgehead atoms. The number of nitrogens with zero attached hydrogens (tertiary/aromatic N) is 5. The monoisotopic (exact) mass is 343 g/mol. The maximum atomic E-state index is 12.3. The van der Waals surface area contributed by atoms with Gasteiger partial charge in [0.2, 0.25) is 5.91 Å². The van der Waals surface area contributed by atoms with Crippen molar-refractivity contribution in [3.05, 3.63) is 43.0 Å². The van der Waals surface area contributed by atoms with Crippen LogP contribution < -0.4 is 4.74 Å². The number of carbonyl (C=O) groups excluding carboxylic acids is 1. The lowest BCUT2D eigenvalue weighted by molar-refractivity contribution is -0.133. The van der Waals surface area contributed by atoms with Gasteiger partial charge in [0, 0.05) is 45.7 Å². The standard InChI is InChI=1S/C18H25N5O2/c24-18(7-4-8-23-16-19-15-20-23)22-11-9-21(10-12-22)13-14-25-17-5-2-1-3-6-17/h1-3,5-6,15-16H,4,7-14H2. The fourth-order valence-corrected chi connectivity index (χ4v) is 2.93. The van der Waals surface area contributed by atoms with E-state index in [9.17, 15) is 4.79 Å². The summed E-state index contributed by atoms with van der Waals surface area (Å²) in [6.07, 6.45) is 4.56. The van der Waals surface area contributed by atoms with Gasteiger partial charge in [-0.1, -0.05) is 18.2 Å². The van der Waals surface area contributed by atoms with Gasteiger partial charge in [-0.2, -0.15) is 5.10 Å². The quantitative estimate of drug-likeness (QED) is 0.722. The molecule has 7 nitrogen and oxygen atoms in total. The summed E-state index contributed by atoms with van der Waals surface area (Å²) in [5.41, 5.74) is 0. The number of ether oxygens (including phenoxy) is 1. The van der Waals surface area contributed by atoms with Crippen molar-refractivity contribution >= 4 is 5.91 Å². The Hall–Kier alpha value is -2.41. The fraction of sp³-hybridized carbons (Fsp3) is 0.500. The molecule has 0 saturated carbocycles. The Bertz CT molecular complexity index is 624. The highest BCUT2D eigenvalue weighted by Crippen LogP contribution is 2.09. The van der Waals surface area contributed by atoms with E-state index in [0.29, 0.717) is 13.0 Å². The van der Waals surface area contributed by atoms with E-state index < -0.39 is 0 Å². The number of amides is 1. The first kappa shape index (κ1) is 17.4. The van der Waals surface area contributed by atoms with Crippen LogP contribution in [0.3, 0.4) is 0 Å². The van der Waals surface area contributed by atoms with Gasteiger partial charge in [0.1, 0.15) is 25.0 Å². The molecule has 1 fully saturated rings. The van der Waals surface area contributed by atoms with Crippen LogP contribution in [0.15, 0.2) is 43.0 Å². The molecule has 2 heterocycles. The highest BCUT2D eigenvalue weighted by atomic mass is 16.5. The van der Waals surface area contributed by atoms with Gasteiger partial charge in [-0.3, -0.25) is 14.4 Å². The minimum absolute atomic E-state index is 0.236. The van der Waals surface area contributed by atoms with Crippen LogP contribution in [-0.2, 0) is 11.3 Å². The van der Waals surface area contributed by atoms with Crippen molar-refractivity contribution in [2.45, 2.75) is 19.4 Å². The van der Waals surface area contributed by atoms with Gasteiger partial charge in [-0.15, -0.1) is 0 Å². The molecule has 25 heavy (non-hydrogen) atoms. The molecule has 1 amide bonds. The smallest absolute Gasteiger partial charge is 0.222 e. The summed E-state index contributed by atoms with van der Waals surface area (Å²) in [5.74, 6) is 1.14. The van der Waals surface area contributed by atoms with E-state index in [1.807, 2.05) is 35.2 Å². The number of piperazine rings is 1. The third kappa shape index (κ3) is 5.56. The van der Waals surface area contributed by atoms with Gasteiger partial charge >= 0.3 is 0 Å². The minimum Gasteiger partial charge on any atom is -0.492 e. The number of aromatic nitrogens is 3. The highest BCUT2D eigenvalue weighted by Gasteiger charge is 2.20. The third-order valence-electron chi connectivity index (χ3n) is 4.39. The van der Waals surface area contributed by atoms with E-state index in [-0.39, 0.29) is 5.91 Å². The maximum absolute atomic E-state index is 12.3. The highest BCUT2D eigenvalue weighted by molar-refractivity contribution is 5.76. The third-order valence-corrected chi connectivity index (χ3v) is 4.39. The summed E-state index contributed by atoms with van der Waals surface area (Å²) in [6, 6.07) is 9.87. The number of carbonyl (C=O) groups is 1. The number of rotatable bonds is 8. The van der Waals surface area contributed by atoms with Crippen molar-refractivity contribution in [1.29, 1.82) is 0 Å². The summed E-state index contributed by atoms with van der Waals surface area (Å²) < 4.78 is 7.50. The molecule has 3 rings (SSSR count). The lowest BCUT2D eigenvalue weighted by atomic mass is 10.2. The number of aryl methyl sites for hydroxylation is 1. The number of hydrogen-bond donors (Lipinski definition) is 0. The Balaban J connectivity index is 1.29. The summed E-state index contributed by atoms with van der Waals surface area (Å²) in [7, 11) is 0. The van der Waals surface area contributed by atoms with Crippen molar-refractivity contribution in [3.63, 3.8) is 0 Å². The van der Waals surface area contributed by atoms with Gasteiger partial charge < -0.3 is 9.64 Å². The zero-order valence-electron chi connectivity index (χ0n) is 14.5. The Morgan fingerprint density at radius 1 is 1.08 bits per heavy atom. The van der Waals surface area contributed by atoms with E-state index in [1.54, 1.807) is 11.0 Å². The molecule has 7 heteroatoms. The molecule has 1 aliphatic rings. The predicted molar refractivity (Wildman–Crippen MR) is 94.2 cm³/mol. The molecule has 0 aliphatic carbocycles. The van der Waals surface area contributed by atoms with Crippen LogP contribution in [0.1, 0.15) is 12.8 Å². The second-order valence-corrected chi connectivity index (χ2v) is 6.15. The van der Waals surface area contributed by atoms with E-state index in [1.165, 1.54) is 6.33 Å². The first-order valence-electron chi connectivity index (χ1n) is 8.81. The van der Waals surface area contributed by atoms with Crippen LogP contribution in [0, 0.1) is 0 Å². The Kier molecular flexibility index (Phi) is 6.39. The van der Waals surface area contributed by atoms with Crippen LogP contribution in [-0.4, -0.2) is 69.8 Å². The fourth-order valence-electron chi connectivity index (χ4n) is 2.93. The van der Waals surface area contributed by atoms with Crippen molar-refractivity contribution in [3.8, 4) is 5.75 Å². The summed E-state index contributed by atoms with van der Waals surface area (Å²) >= 11 is 0. The lowest BCUT2D eigenvalue weighted by Crippen LogP contribution is -2.49. The van der Waals surface area contributed by atoms with E-state index in [2.05, 4.69) is 15.0 Å². The number of para-hydroxylation sites is 1. The SMILES string of the molecule is O=C(CCCn1cncn1)N1CCN(CCOc2ccccc2)CC1. The molecule has 0 radical (unpaired) electrons. The van der Waals surface area contributed by atoms with Crippen LogP contribution in [0.5, 0.6) is 5.75 Å². The van der Waals surface area contributed by atoms with E-state index in [4.69, 9.17) is 4.74 Å². The van der Waals surface area contributed by atoms with Gasteiger partial charge in [0.25, 0.3) is 0 Å². The summed E-state index contributed by atoms with van der Waals surface area (Å²) in [6.45, 7) is 5.72. The largest absolute Gasteiger partial charge is 0.492 e. The van der Waals surface area contributed by atoms with Crippen molar-refractivity contribution in [1.82, 2.24) is 24.6 Å². The second kappa shape index (κ2) is 9.17. The number of hydrogen-bond acceptors (Lipinski definition) is 5. The summed E-state index contributed by atoms with van der Waals surface area (Å²) in [4.78, 5) is 20.5. The van der Waals surface area contributed by atoms with Crippen LogP contribution in [0.2, 0.25) is 0 Å². The second-order valence-electron chi connectivity index (χ2n) is 6.15. The molecule has 134 valence electrons. The molecule has 0 N–H and O–H groups in total. The topological polar surface area (TPSA) is 63.5 Å². The van der Waals surface area contributed by atoms with Crippen LogP contribution >= 0.6 is 0 Å². The van der Waals surface area contributed by atoms with Crippen molar-refractivity contribution in [2.24, 2.45) is 0 Å². The molecule has 1 aliphatic heterocycles. The predicted octanol–water partition coefficient (Wildman–Crippen LogP) is 1.28. The summed E-state index contributed by atoms with van der Waals surface area (Å²) in [5, 5.41) is 4.05. The molecule has 1 saturated heterocycles. The first-order valence-corrected chi connectivity index (χ1v) is 8.81. The Labute approximate surface area is 148 Å². The van der Waals surface area contributed by atoms with Crippen LogP contribution in [0.4, 0.5) is 0 Å². The van der Waals surface area contributed by atoms with Crippen LogP contribution in [0.25, 0.3) is 0 Å². The maximum Gasteiger partial charge on any atom is 0.222 e. The molecule has 0 atom stereocenters. The molecule has 1 aromatic heterocycles. The van der Waals surface area contributed by atoms with Gasteiger partial charge in [-0.25, -0.2) is 4.98 Å². The number of benzene rings is 1. The molecular weight excluding hydrogens is 318 g/mol. The molecule has 0 spiro atoms. The minimum atomic E-state index is 0.236. The molecule has 2 aromatic rings. The van der Waals surface area contributed by atoms with Crippen molar-refractivity contribution in [2.75, 3.05) is 39.3 Å². The normalized spacial score (nSPS) is 15.3. The van der Waals surface area contributed by atoms with E-state index >= 15 is 0 Å². The zero-order valence-corrected chi connectivity index (χ0v) is 14.5. The average molecular weight is 343 g/mol. The zero-order chi connectivity index (χ0) is 17.3. The average Bonchev–Trinajstić information content (AvgIpc) is 3.16. The molecular formula is C18H25N5O2.